The Bertz CT molecular complexity index is 475. The largest absolute Gasteiger partial charge is 0.387 e. The molecule has 0 amide bonds. The van der Waals surface area contributed by atoms with Crippen molar-refractivity contribution < 1.29 is 9.63 Å². The molecule has 0 unspecified atom stereocenters. The minimum absolute atomic E-state index is 0.216. The maximum absolute atomic E-state index is 8.77. The zero-order valence-corrected chi connectivity index (χ0v) is 10.7. The van der Waals surface area contributed by atoms with Gasteiger partial charge in [-0.15, -0.1) is 11.8 Å². The first-order valence-electron chi connectivity index (χ1n) is 4.59. The third kappa shape index (κ3) is 2.84. The van der Waals surface area contributed by atoms with E-state index in [1.165, 1.54) is 0 Å². The molecule has 0 radical (unpaired) electrons. The van der Waals surface area contributed by atoms with Gasteiger partial charge in [-0.3, -0.25) is 0 Å². The van der Waals surface area contributed by atoms with Crippen molar-refractivity contribution >= 4 is 27.7 Å². The van der Waals surface area contributed by atoms with E-state index in [-0.39, 0.29) is 12.5 Å². The Morgan fingerprint density at radius 1 is 1.38 bits per heavy atom. The number of aromatic nitrogens is 2. The van der Waals surface area contributed by atoms with Crippen LogP contribution in [0.5, 0.6) is 0 Å². The predicted molar refractivity (Wildman–Crippen MR) is 63.9 cm³/mol. The van der Waals surface area contributed by atoms with Crippen LogP contribution in [-0.4, -0.2) is 15.2 Å². The van der Waals surface area contributed by atoms with Gasteiger partial charge in [-0.25, -0.2) is 0 Å². The van der Waals surface area contributed by atoms with Crippen molar-refractivity contribution in [1.82, 2.24) is 10.1 Å². The smallest absolute Gasteiger partial charge is 0.252 e. The summed E-state index contributed by atoms with van der Waals surface area (Å²) in [7, 11) is 0. The van der Waals surface area contributed by atoms with E-state index in [1.54, 1.807) is 11.8 Å². The Morgan fingerprint density at radius 3 is 2.88 bits per heavy atom. The number of rotatable bonds is 4. The van der Waals surface area contributed by atoms with Crippen LogP contribution in [0.3, 0.4) is 0 Å². The molecule has 1 aromatic carbocycles. The molecule has 2 aromatic rings. The average molecular weight is 301 g/mol. The molecule has 0 aliphatic carbocycles. The minimum Gasteiger partial charge on any atom is -0.387 e. The van der Waals surface area contributed by atoms with Crippen LogP contribution in [0, 0.1) is 0 Å². The number of hydrogen-bond donors (Lipinski definition) is 1. The first kappa shape index (κ1) is 11.6. The van der Waals surface area contributed by atoms with Gasteiger partial charge in [0.15, 0.2) is 5.82 Å². The second kappa shape index (κ2) is 5.47. The van der Waals surface area contributed by atoms with Crippen LogP contribution in [0.1, 0.15) is 11.7 Å². The topological polar surface area (TPSA) is 59.2 Å². The van der Waals surface area contributed by atoms with E-state index >= 15 is 0 Å². The number of nitrogens with zero attached hydrogens (tertiary/aromatic N) is 2. The van der Waals surface area contributed by atoms with Crippen LogP contribution >= 0.6 is 27.7 Å². The van der Waals surface area contributed by atoms with E-state index in [0.29, 0.717) is 11.6 Å². The highest BCUT2D eigenvalue weighted by atomic mass is 79.9. The molecule has 0 aliphatic heterocycles. The number of thioether (sulfide) groups is 1. The first-order valence-corrected chi connectivity index (χ1v) is 6.37. The van der Waals surface area contributed by atoms with Crippen molar-refractivity contribution in [2.75, 3.05) is 0 Å². The van der Waals surface area contributed by atoms with E-state index < -0.39 is 0 Å². The van der Waals surface area contributed by atoms with Crippen molar-refractivity contribution in [2.24, 2.45) is 0 Å². The molecule has 6 heteroatoms. The van der Waals surface area contributed by atoms with E-state index in [2.05, 4.69) is 26.1 Å². The lowest BCUT2D eigenvalue weighted by Crippen LogP contribution is -1.86. The lowest BCUT2D eigenvalue weighted by Gasteiger charge is -2.00. The van der Waals surface area contributed by atoms with Gasteiger partial charge in [0, 0.05) is 9.37 Å². The predicted octanol–water partition coefficient (Wildman–Crippen LogP) is 2.62. The Morgan fingerprint density at radius 2 is 2.19 bits per heavy atom. The Kier molecular flexibility index (Phi) is 3.98. The molecule has 0 bridgehead atoms. The molecule has 2 rings (SSSR count). The molecule has 0 atom stereocenters. The van der Waals surface area contributed by atoms with Crippen LogP contribution in [0.25, 0.3) is 0 Å². The molecule has 0 aliphatic rings. The standard InChI is InChI=1S/C10H9BrN2O2S/c11-7-3-1-2-4-8(7)16-6-9-12-10(5-14)15-13-9/h1-4,14H,5-6H2. The van der Waals surface area contributed by atoms with Gasteiger partial charge < -0.3 is 9.63 Å². The fraction of sp³-hybridized carbons (Fsp3) is 0.200. The number of aliphatic hydroxyl groups is 1. The van der Waals surface area contributed by atoms with E-state index in [1.807, 2.05) is 24.3 Å². The molecule has 16 heavy (non-hydrogen) atoms. The van der Waals surface area contributed by atoms with Crippen molar-refractivity contribution in [2.45, 2.75) is 17.3 Å². The second-order valence-corrected chi connectivity index (χ2v) is 4.85. The van der Waals surface area contributed by atoms with Crippen molar-refractivity contribution in [1.29, 1.82) is 0 Å². The van der Waals surface area contributed by atoms with Crippen LogP contribution in [0.2, 0.25) is 0 Å². The first-order chi connectivity index (χ1) is 7.79. The van der Waals surface area contributed by atoms with Crippen LogP contribution < -0.4 is 0 Å². The molecular formula is C10H9BrN2O2S. The van der Waals surface area contributed by atoms with Gasteiger partial charge in [-0.05, 0) is 28.1 Å². The summed E-state index contributed by atoms with van der Waals surface area (Å²) in [6.07, 6.45) is 0. The molecule has 0 saturated heterocycles. The lowest BCUT2D eigenvalue weighted by atomic mass is 10.4. The van der Waals surface area contributed by atoms with Crippen LogP contribution in [0.15, 0.2) is 38.2 Å². The van der Waals surface area contributed by atoms with Gasteiger partial charge >= 0.3 is 0 Å². The van der Waals surface area contributed by atoms with Crippen molar-refractivity contribution in [3.05, 3.63) is 40.5 Å². The molecule has 0 fully saturated rings. The van der Waals surface area contributed by atoms with Gasteiger partial charge in [-0.1, -0.05) is 17.3 Å². The van der Waals surface area contributed by atoms with Gasteiger partial charge in [0.05, 0.1) is 5.75 Å². The molecule has 0 spiro atoms. The Hall–Kier alpha value is -0.850. The number of hydrogen-bond acceptors (Lipinski definition) is 5. The lowest BCUT2D eigenvalue weighted by molar-refractivity contribution is 0.222. The summed E-state index contributed by atoms with van der Waals surface area (Å²) in [4.78, 5) is 5.13. The molecule has 84 valence electrons. The summed E-state index contributed by atoms with van der Waals surface area (Å²) in [6.45, 7) is -0.216. The van der Waals surface area contributed by atoms with E-state index in [0.717, 1.165) is 9.37 Å². The zero-order chi connectivity index (χ0) is 11.4. The van der Waals surface area contributed by atoms with Gasteiger partial charge in [0.2, 0.25) is 0 Å². The van der Waals surface area contributed by atoms with Gasteiger partial charge in [0.1, 0.15) is 6.61 Å². The van der Waals surface area contributed by atoms with E-state index in [9.17, 15) is 0 Å². The summed E-state index contributed by atoms with van der Waals surface area (Å²) in [5.74, 6) is 1.46. The number of benzene rings is 1. The van der Waals surface area contributed by atoms with Gasteiger partial charge in [-0.2, -0.15) is 4.98 Å². The highest BCUT2D eigenvalue weighted by molar-refractivity contribution is 9.10. The maximum atomic E-state index is 8.77. The third-order valence-corrected chi connectivity index (χ3v) is 3.86. The Labute approximate surface area is 105 Å². The fourth-order valence-corrected chi connectivity index (χ4v) is 2.53. The van der Waals surface area contributed by atoms with Gasteiger partial charge in [0.25, 0.3) is 5.89 Å². The Balaban J connectivity index is 1.99. The normalized spacial score (nSPS) is 10.6. The number of halogens is 1. The second-order valence-electron chi connectivity index (χ2n) is 2.98. The maximum Gasteiger partial charge on any atom is 0.252 e. The third-order valence-electron chi connectivity index (χ3n) is 1.84. The summed E-state index contributed by atoms with van der Waals surface area (Å²) >= 11 is 5.07. The summed E-state index contributed by atoms with van der Waals surface area (Å²) in [5.41, 5.74) is 0. The van der Waals surface area contributed by atoms with E-state index in [4.69, 9.17) is 9.63 Å². The minimum atomic E-state index is -0.216. The molecule has 1 aromatic heterocycles. The van der Waals surface area contributed by atoms with Crippen LogP contribution in [-0.2, 0) is 12.4 Å². The SMILES string of the molecule is OCc1nc(CSc2ccccc2Br)no1. The summed E-state index contributed by atoms with van der Waals surface area (Å²) in [5, 5.41) is 12.5. The van der Waals surface area contributed by atoms with Crippen molar-refractivity contribution in [3.63, 3.8) is 0 Å². The highest BCUT2D eigenvalue weighted by Crippen LogP contribution is 2.28. The number of aliphatic hydroxyl groups excluding tert-OH is 1. The quantitative estimate of drug-likeness (QED) is 0.880. The zero-order valence-electron chi connectivity index (χ0n) is 8.26. The summed E-state index contributed by atoms with van der Waals surface area (Å²) < 4.78 is 5.84. The highest BCUT2D eigenvalue weighted by Gasteiger charge is 2.06. The molecule has 0 saturated carbocycles. The fourth-order valence-electron chi connectivity index (χ4n) is 1.12. The average Bonchev–Trinajstić information content (AvgIpc) is 2.76. The molecular weight excluding hydrogens is 292 g/mol. The molecule has 4 nitrogen and oxygen atoms in total. The van der Waals surface area contributed by atoms with Crippen LogP contribution in [0.4, 0.5) is 0 Å². The molecule has 1 heterocycles. The van der Waals surface area contributed by atoms with Crippen molar-refractivity contribution in [3.8, 4) is 0 Å². The molecule has 1 N–H and O–H groups in total. The summed E-state index contributed by atoms with van der Waals surface area (Å²) in [6, 6.07) is 7.94. The monoisotopic (exact) mass is 300 g/mol.